The van der Waals surface area contributed by atoms with Crippen molar-refractivity contribution in [1.82, 2.24) is 0 Å². The monoisotopic (exact) mass is 463 g/mol. The molecule has 5 nitrogen and oxygen atoms in total. The molecule has 0 aliphatic carbocycles. The fourth-order valence-corrected chi connectivity index (χ4v) is 4.52. The molecule has 0 atom stereocenters. The number of hydrogen-bond acceptors (Lipinski definition) is 6. The fraction of sp³-hybridized carbons (Fsp3) is 0.200. The maximum absolute atomic E-state index is 13.0. The number of fused-ring (bicyclic) bond motifs is 1. The molecule has 0 radical (unpaired) electrons. The van der Waals surface area contributed by atoms with E-state index in [4.69, 9.17) is 10.5 Å². The molecule has 1 amide bonds. The Hall–Kier alpha value is -3.08. The van der Waals surface area contributed by atoms with Gasteiger partial charge in [-0.15, -0.1) is 24.4 Å². The quantitative estimate of drug-likeness (QED) is 0.370. The Bertz CT molecular complexity index is 1150. The lowest BCUT2D eigenvalue weighted by atomic mass is 9.96. The van der Waals surface area contributed by atoms with Gasteiger partial charge in [0.05, 0.1) is 24.2 Å². The second-order valence-electron chi connectivity index (χ2n) is 7.45. The predicted molar refractivity (Wildman–Crippen MR) is 134 cm³/mol. The minimum Gasteiger partial charge on any atom is -0.495 e. The van der Waals surface area contributed by atoms with Crippen LogP contribution < -0.4 is 15.4 Å². The average molecular weight is 464 g/mol. The number of thiol groups is 1. The summed E-state index contributed by atoms with van der Waals surface area (Å²) in [7, 11) is 1.55. The van der Waals surface area contributed by atoms with Gasteiger partial charge in [-0.1, -0.05) is 38.1 Å². The molecule has 1 heterocycles. The number of nitrogens with zero attached hydrogens (tertiary/aromatic N) is 2. The summed E-state index contributed by atoms with van der Waals surface area (Å²) in [5, 5.41) is 9.43. The molecule has 3 aromatic rings. The number of benzene rings is 3. The molecular formula is C25H25N3O2S2. The van der Waals surface area contributed by atoms with E-state index in [1.54, 1.807) is 29.8 Å². The molecule has 4 rings (SSSR count). The molecule has 0 saturated heterocycles. The van der Waals surface area contributed by atoms with E-state index in [0.717, 1.165) is 26.7 Å². The van der Waals surface area contributed by atoms with E-state index in [1.807, 2.05) is 68.4 Å². The molecule has 0 spiro atoms. The van der Waals surface area contributed by atoms with Crippen molar-refractivity contribution in [2.75, 3.05) is 23.6 Å². The van der Waals surface area contributed by atoms with Crippen molar-refractivity contribution in [3.63, 3.8) is 0 Å². The van der Waals surface area contributed by atoms with Gasteiger partial charge in [0.15, 0.2) is 0 Å². The topological polar surface area (TPSA) is 79.3 Å². The minimum absolute atomic E-state index is 0.0893. The maximum atomic E-state index is 13.0. The zero-order chi connectivity index (χ0) is 23.3. The third kappa shape index (κ3) is 5.04. The van der Waals surface area contributed by atoms with Crippen molar-refractivity contribution in [3.05, 3.63) is 77.4 Å². The van der Waals surface area contributed by atoms with Gasteiger partial charge in [0, 0.05) is 21.0 Å². The summed E-state index contributed by atoms with van der Waals surface area (Å²) in [5.74, 6) is 1.21. The van der Waals surface area contributed by atoms with Crippen molar-refractivity contribution >= 4 is 41.7 Å². The average Bonchev–Trinajstić information content (AvgIpc) is 3.24. The first-order chi connectivity index (χ1) is 15.4. The number of rotatable bonds is 3. The normalized spacial score (nSPS) is 11.9. The third-order valence-electron chi connectivity index (χ3n) is 5.00. The van der Waals surface area contributed by atoms with Crippen LogP contribution in [-0.4, -0.2) is 18.9 Å². The summed E-state index contributed by atoms with van der Waals surface area (Å²) in [6, 6.07) is 20.9. The second-order valence-corrected chi connectivity index (χ2v) is 8.91. The van der Waals surface area contributed by atoms with Crippen LogP contribution in [0.25, 0.3) is 0 Å². The molecule has 1 aliphatic heterocycles. The molecule has 0 fully saturated rings. The summed E-state index contributed by atoms with van der Waals surface area (Å²) in [4.78, 5) is 16.7. The Kier molecular flexibility index (Phi) is 7.73. The lowest BCUT2D eigenvalue weighted by molar-refractivity contribution is 0.0991. The zero-order valence-electron chi connectivity index (χ0n) is 18.2. The number of carbonyl (C=O) groups is 1. The smallest absolute Gasteiger partial charge is 0.259 e. The Morgan fingerprint density at radius 1 is 1.19 bits per heavy atom. The van der Waals surface area contributed by atoms with Gasteiger partial charge >= 0.3 is 0 Å². The molecule has 32 heavy (non-hydrogen) atoms. The molecule has 0 bridgehead atoms. The van der Waals surface area contributed by atoms with Crippen LogP contribution in [0, 0.1) is 11.3 Å². The SMILES string of the molecule is COc1c(C#N)cc(C(=O)N2CSc3ccccc32)cc1C(C)C.Nc1ccccc1S. The third-order valence-corrected chi connectivity index (χ3v) is 6.45. The molecule has 2 N–H and O–H groups in total. The van der Waals surface area contributed by atoms with E-state index in [-0.39, 0.29) is 11.8 Å². The van der Waals surface area contributed by atoms with Gasteiger partial charge < -0.3 is 10.5 Å². The number of nitriles is 1. The lowest BCUT2D eigenvalue weighted by Gasteiger charge is -2.19. The van der Waals surface area contributed by atoms with Crippen LogP contribution in [0.1, 0.15) is 41.3 Å². The number of carbonyl (C=O) groups excluding carboxylic acids is 1. The number of nitrogen functional groups attached to an aromatic ring is 1. The highest BCUT2D eigenvalue weighted by Gasteiger charge is 2.27. The predicted octanol–water partition coefficient (Wildman–Crippen LogP) is 5.96. The fourth-order valence-electron chi connectivity index (χ4n) is 3.33. The van der Waals surface area contributed by atoms with Crippen molar-refractivity contribution in [1.29, 1.82) is 5.26 Å². The number of thioether (sulfide) groups is 1. The van der Waals surface area contributed by atoms with Crippen LogP contribution in [0.5, 0.6) is 5.75 Å². The Morgan fingerprint density at radius 3 is 2.47 bits per heavy atom. The summed E-state index contributed by atoms with van der Waals surface area (Å²) < 4.78 is 5.39. The van der Waals surface area contributed by atoms with E-state index in [9.17, 15) is 10.1 Å². The van der Waals surface area contributed by atoms with Gasteiger partial charge in [0.25, 0.3) is 5.91 Å². The van der Waals surface area contributed by atoms with Crippen molar-refractivity contribution in [3.8, 4) is 11.8 Å². The van der Waals surface area contributed by atoms with Gasteiger partial charge in [0.2, 0.25) is 0 Å². The molecule has 0 saturated carbocycles. The molecule has 1 aliphatic rings. The number of ether oxygens (including phenoxy) is 1. The summed E-state index contributed by atoms with van der Waals surface area (Å²) >= 11 is 5.72. The van der Waals surface area contributed by atoms with Crippen LogP contribution >= 0.6 is 24.4 Å². The van der Waals surface area contributed by atoms with Crippen LogP contribution in [-0.2, 0) is 0 Å². The largest absolute Gasteiger partial charge is 0.495 e. The van der Waals surface area contributed by atoms with Gasteiger partial charge in [-0.25, -0.2) is 0 Å². The van der Waals surface area contributed by atoms with Crippen LogP contribution in [0.15, 0.2) is 70.5 Å². The van der Waals surface area contributed by atoms with Crippen LogP contribution in [0.3, 0.4) is 0 Å². The van der Waals surface area contributed by atoms with Crippen molar-refractivity contribution in [2.24, 2.45) is 0 Å². The molecule has 3 aromatic carbocycles. The van der Waals surface area contributed by atoms with E-state index < -0.39 is 0 Å². The Labute approximate surface area is 198 Å². The van der Waals surface area contributed by atoms with Gasteiger partial charge in [0.1, 0.15) is 11.8 Å². The number of hydrogen-bond donors (Lipinski definition) is 2. The first-order valence-corrected chi connectivity index (χ1v) is 11.5. The number of anilines is 2. The van der Waals surface area contributed by atoms with E-state index in [2.05, 4.69) is 18.7 Å². The van der Waals surface area contributed by atoms with E-state index >= 15 is 0 Å². The molecule has 7 heteroatoms. The van der Waals surface area contributed by atoms with Gasteiger partial charge in [-0.2, -0.15) is 5.26 Å². The highest BCUT2D eigenvalue weighted by atomic mass is 32.2. The number of methoxy groups -OCH3 is 1. The first kappa shape index (κ1) is 23.6. The zero-order valence-corrected chi connectivity index (χ0v) is 19.9. The highest BCUT2D eigenvalue weighted by molar-refractivity contribution is 8.00. The van der Waals surface area contributed by atoms with Gasteiger partial charge in [-0.3, -0.25) is 9.69 Å². The van der Waals surface area contributed by atoms with Gasteiger partial charge in [-0.05, 0) is 47.9 Å². The molecule has 164 valence electrons. The van der Waals surface area contributed by atoms with Crippen molar-refractivity contribution in [2.45, 2.75) is 29.6 Å². The van der Waals surface area contributed by atoms with Crippen LogP contribution in [0.2, 0.25) is 0 Å². The lowest BCUT2D eigenvalue weighted by Crippen LogP contribution is -2.28. The van der Waals surface area contributed by atoms with Crippen LogP contribution in [0.4, 0.5) is 11.4 Å². The van der Waals surface area contributed by atoms with E-state index in [0.29, 0.717) is 22.8 Å². The molecule has 0 aromatic heterocycles. The first-order valence-electron chi connectivity index (χ1n) is 10.1. The standard InChI is InChI=1S/C19H18N2O2S.C6H7NS/c1-12(2)15-9-13(8-14(10-20)18(15)23-3)19(22)21-11-24-17-7-5-4-6-16(17)21;7-5-3-1-2-4-6(5)8/h4-9,12H,11H2,1-3H3;1-4,8H,7H2. The second kappa shape index (κ2) is 10.5. The molecular weight excluding hydrogens is 438 g/mol. The summed E-state index contributed by atoms with van der Waals surface area (Å²) in [5.41, 5.74) is 8.89. The highest BCUT2D eigenvalue weighted by Crippen LogP contribution is 2.39. The van der Waals surface area contributed by atoms with E-state index in [1.165, 1.54) is 0 Å². The number of nitrogens with two attached hydrogens (primary N) is 1. The number of amides is 1. The summed E-state index contributed by atoms with van der Waals surface area (Å²) in [6.07, 6.45) is 0. The van der Waals surface area contributed by atoms with Crippen molar-refractivity contribution < 1.29 is 9.53 Å². The molecule has 0 unspecified atom stereocenters. The maximum Gasteiger partial charge on any atom is 0.259 e. The minimum atomic E-state index is -0.0893. The Balaban J connectivity index is 0.000000305. The number of para-hydroxylation sites is 2. The Morgan fingerprint density at radius 2 is 1.88 bits per heavy atom. The summed E-state index contributed by atoms with van der Waals surface area (Å²) in [6.45, 7) is 4.04.